The van der Waals surface area contributed by atoms with E-state index in [1.165, 1.54) is 11.8 Å². The van der Waals surface area contributed by atoms with Crippen LogP contribution in [0.4, 0.5) is 0 Å². The van der Waals surface area contributed by atoms with Crippen molar-refractivity contribution in [3.8, 4) is 11.5 Å². The van der Waals surface area contributed by atoms with Gasteiger partial charge in [0.25, 0.3) is 5.22 Å². The van der Waals surface area contributed by atoms with Gasteiger partial charge in [0.2, 0.25) is 11.8 Å². The maximum absolute atomic E-state index is 12.3. The highest BCUT2D eigenvalue weighted by atomic mass is 32.2. The van der Waals surface area contributed by atoms with Gasteiger partial charge in [-0.2, -0.15) is 0 Å². The molecule has 8 heteroatoms. The fourth-order valence-electron chi connectivity index (χ4n) is 2.11. The van der Waals surface area contributed by atoms with Gasteiger partial charge < -0.3 is 14.1 Å². The molecule has 1 atom stereocenters. The summed E-state index contributed by atoms with van der Waals surface area (Å²) < 4.78 is 10.8. The van der Waals surface area contributed by atoms with Crippen molar-refractivity contribution in [3.05, 3.63) is 24.5 Å². The molecule has 0 aromatic carbocycles. The van der Waals surface area contributed by atoms with Crippen LogP contribution in [0.25, 0.3) is 11.5 Å². The normalized spacial score (nSPS) is 16.5. The number of nitrogens with zero attached hydrogens (tertiary/aromatic N) is 4. The van der Waals surface area contributed by atoms with Gasteiger partial charge >= 0.3 is 0 Å². The van der Waals surface area contributed by atoms with Crippen LogP contribution in [0, 0.1) is 0 Å². The van der Waals surface area contributed by atoms with Crippen LogP contribution < -0.4 is 0 Å². The van der Waals surface area contributed by atoms with Crippen molar-refractivity contribution in [3.63, 3.8) is 0 Å². The third kappa shape index (κ3) is 3.45. The zero-order chi connectivity index (χ0) is 15.4. The van der Waals surface area contributed by atoms with E-state index in [9.17, 15) is 4.79 Å². The molecule has 22 heavy (non-hydrogen) atoms. The first kappa shape index (κ1) is 15.0. The second kappa shape index (κ2) is 6.89. The van der Waals surface area contributed by atoms with Crippen molar-refractivity contribution in [2.75, 3.05) is 26.3 Å². The Hall–Kier alpha value is -1.93. The number of hydrogen-bond acceptors (Lipinski definition) is 7. The largest absolute Gasteiger partial charge is 0.411 e. The van der Waals surface area contributed by atoms with Gasteiger partial charge in [-0.15, -0.1) is 10.2 Å². The van der Waals surface area contributed by atoms with Crippen LogP contribution in [-0.4, -0.2) is 57.5 Å². The summed E-state index contributed by atoms with van der Waals surface area (Å²) in [6.45, 7) is 4.29. The SMILES string of the molecule is C[C@H](Sc1nnc(-c2cccnc2)o1)C(=O)N1CCOCC1. The van der Waals surface area contributed by atoms with Crippen LogP contribution in [0.3, 0.4) is 0 Å². The molecule has 1 saturated heterocycles. The molecule has 0 radical (unpaired) electrons. The minimum Gasteiger partial charge on any atom is -0.411 e. The lowest BCUT2D eigenvalue weighted by atomic mass is 10.3. The molecule has 1 aliphatic rings. The number of carbonyl (C=O) groups excluding carboxylic acids is 1. The Labute approximate surface area is 132 Å². The van der Waals surface area contributed by atoms with E-state index in [2.05, 4.69) is 15.2 Å². The van der Waals surface area contributed by atoms with Crippen LogP contribution in [0.1, 0.15) is 6.92 Å². The molecule has 0 aliphatic carbocycles. The average molecular weight is 320 g/mol. The third-order valence-electron chi connectivity index (χ3n) is 3.26. The predicted octanol–water partition coefficient (Wildman–Crippen LogP) is 1.47. The minimum atomic E-state index is -0.278. The average Bonchev–Trinajstić information content (AvgIpc) is 3.04. The van der Waals surface area contributed by atoms with E-state index in [0.29, 0.717) is 37.4 Å². The van der Waals surface area contributed by atoms with E-state index in [1.807, 2.05) is 13.0 Å². The van der Waals surface area contributed by atoms with Crippen molar-refractivity contribution >= 4 is 17.7 Å². The zero-order valence-electron chi connectivity index (χ0n) is 12.1. The Morgan fingerprint density at radius 1 is 1.36 bits per heavy atom. The number of pyridine rings is 1. The summed E-state index contributed by atoms with van der Waals surface area (Å²) in [5, 5.41) is 8.08. The third-order valence-corrected chi connectivity index (χ3v) is 4.18. The number of morpholine rings is 1. The van der Waals surface area contributed by atoms with Gasteiger partial charge in [0.1, 0.15) is 0 Å². The monoisotopic (exact) mass is 320 g/mol. The molecule has 116 valence electrons. The topological polar surface area (TPSA) is 81.3 Å². The Balaban J connectivity index is 1.63. The van der Waals surface area contributed by atoms with E-state index < -0.39 is 0 Å². The lowest BCUT2D eigenvalue weighted by Gasteiger charge is -2.28. The van der Waals surface area contributed by atoms with Crippen LogP contribution in [-0.2, 0) is 9.53 Å². The summed E-state index contributed by atoms with van der Waals surface area (Å²) in [6.07, 6.45) is 3.34. The number of carbonyl (C=O) groups is 1. The van der Waals surface area contributed by atoms with Gasteiger partial charge in [-0.3, -0.25) is 9.78 Å². The van der Waals surface area contributed by atoms with Crippen molar-refractivity contribution in [1.29, 1.82) is 0 Å². The van der Waals surface area contributed by atoms with Crippen LogP contribution in [0.2, 0.25) is 0 Å². The van der Waals surface area contributed by atoms with E-state index in [1.54, 1.807) is 23.4 Å². The second-order valence-electron chi connectivity index (χ2n) is 4.81. The number of hydrogen-bond donors (Lipinski definition) is 0. The molecule has 1 amide bonds. The molecule has 0 unspecified atom stereocenters. The number of rotatable bonds is 4. The van der Waals surface area contributed by atoms with Gasteiger partial charge in [-0.1, -0.05) is 11.8 Å². The maximum Gasteiger partial charge on any atom is 0.277 e. The van der Waals surface area contributed by atoms with Crippen LogP contribution in [0.5, 0.6) is 0 Å². The second-order valence-corrected chi connectivity index (χ2v) is 6.10. The number of aromatic nitrogens is 3. The van der Waals surface area contributed by atoms with Gasteiger partial charge in [0.05, 0.1) is 24.0 Å². The van der Waals surface area contributed by atoms with E-state index in [0.717, 1.165) is 5.56 Å². The summed E-state index contributed by atoms with van der Waals surface area (Å²) in [7, 11) is 0. The fraction of sp³-hybridized carbons (Fsp3) is 0.429. The van der Waals surface area contributed by atoms with E-state index in [4.69, 9.17) is 9.15 Å². The number of ether oxygens (including phenoxy) is 1. The Morgan fingerprint density at radius 3 is 2.91 bits per heavy atom. The fourth-order valence-corrected chi connectivity index (χ4v) is 2.87. The summed E-state index contributed by atoms with van der Waals surface area (Å²) >= 11 is 1.27. The standard InChI is InChI=1S/C14H16N4O3S/c1-10(13(19)18-5-7-20-8-6-18)22-14-17-16-12(21-14)11-3-2-4-15-9-11/h2-4,9-10H,5-8H2,1H3/t10-/m0/s1. The molecular weight excluding hydrogens is 304 g/mol. The molecular formula is C14H16N4O3S. The van der Waals surface area contributed by atoms with Crippen LogP contribution in [0.15, 0.2) is 34.2 Å². The maximum atomic E-state index is 12.3. The molecule has 0 bridgehead atoms. The van der Waals surface area contributed by atoms with Gasteiger partial charge in [0, 0.05) is 25.5 Å². The first-order chi connectivity index (χ1) is 10.7. The molecule has 0 spiro atoms. The first-order valence-electron chi connectivity index (χ1n) is 7.01. The van der Waals surface area contributed by atoms with Gasteiger partial charge in [-0.25, -0.2) is 0 Å². The van der Waals surface area contributed by atoms with Gasteiger partial charge in [-0.05, 0) is 19.1 Å². The highest BCUT2D eigenvalue weighted by Gasteiger charge is 2.25. The lowest BCUT2D eigenvalue weighted by Crippen LogP contribution is -2.44. The molecule has 1 fully saturated rings. The van der Waals surface area contributed by atoms with Crippen molar-refractivity contribution in [2.45, 2.75) is 17.4 Å². The molecule has 2 aromatic heterocycles. The molecule has 0 saturated carbocycles. The molecule has 3 rings (SSSR count). The predicted molar refractivity (Wildman–Crippen MR) is 80.2 cm³/mol. The smallest absolute Gasteiger partial charge is 0.277 e. The zero-order valence-corrected chi connectivity index (χ0v) is 13.0. The highest BCUT2D eigenvalue weighted by Crippen LogP contribution is 2.26. The highest BCUT2D eigenvalue weighted by molar-refractivity contribution is 8.00. The molecule has 0 N–H and O–H groups in total. The Morgan fingerprint density at radius 2 is 2.18 bits per heavy atom. The van der Waals surface area contributed by atoms with Crippen molar-refractivity contribution < 1.29 is 13.9 Å². The molecule has 1 aliphatic heterocycles. The molecule has 7 nitrogen and oxygen atoms in total. The first-order valence-corrected chi connectivity index (χ1v) is 7.89. The summed E-state index contributed by atoms with van der Waals surface area (Å²) in [5.74, 6) is 0.469. The number of amides is 1. The van der Waals surface area contributed by atoms with Crippen molar-refractivity contribution in [1.82, 2.24) is 20.1 Å². The molecule has 2 aromatic rings. The van der Waals surface area contributed by atoms with Gasteiger partial charge in [0.15, 0.2) is 0 Å². The Bertz CT molecular complexity index is 628. The number of thioether (sulfide) groups is 1. The summed E-state index contributed by atoms with van der Waals surface area (Å²) in [4.78, 5) is 18.1. The molecule has 3 heterocycles. The Kier molecular flexibility index (Phi) is 4.69. The van der Waals surface area contributed by atoms with E-state index in [-0.39, 0.29) is 11.2 Å². The lowest BCUT2D eigenvalue weighted by molar-refractivity contribution is -0.134. The van der Waals surface area contributed by atoms with E-state index >= 15 is 0 Å². The summed E-state index contributed by atoms with van der Waals surface area (Å²) in [6, 6.07) is 3.65. The van der Waals surface area contributed by atoms with Crippen molar-refractivity contribution in [2.24, 2.45) is 0 Å². The summed E-state index contributed by atoms with van der Waals surface area (Å²) in [5.41, 5.74) is 0.758. The quantitative estimate of drug-likeness (QED) is 0.789. The minimum absolute atomic E-state index is 0.0643. The van der Waals surface area contributed by atoms with Crippen LogP contribution >= 0.6 is 11.8 Å².